The quantitative estimate of drug-likeness (QED) is 0.832. The van der Waals surface area contributed by atoms with E-state index >= 15 is 0 Å². The summed E-state index contributed by atoms with van der Waals surface area (Å²) in [5.74, 6) is -0.107. The molecule has 0 aliphatic heterocycles. The Hall–Kier alpha value is -0.480. The van der Waals surface area contributed by atoms with E-state index < -0.39 is 0 Å². The van der Waals surface area contributed by atoms with Gasteiger partial charge >= 0.3 is 0 Å². The van der Waals surface area contributed by atoms with Crippen molar-refractivity contribution >= 4 is 41.5 Å². The number of nitrogens with one attached hydrogen (secondary N) is 1. The van der Waals surface area contributed by atoms with Crippen molar-refractivity contribution in [1.82, 2.24) is 5.32 Å². The molecule has 0 aromatic heterocycles. The average molecular weight is 340 g/mol. The minimum absolute atomic E-state index is 0. The normalized spacial score (nSPS) is 10.8. The molecule has 0 unspecified atom stereocenters. The van der Waals surface area contributed by atoms with Gasteiger partial charge in [0.15, 0.2) is 0 Å². The number of rotatable bonds is 6. The molecule has 0 aliphatic rings. The van der Waals surface area contributed by atoms with Gasteiger partial charge in [-0.3, -0.25) is 4.79 Å². The van der Waals surface area contributed by atoms with Crippen molar-refractivity contribution in [2.45, 2.75) is 38.6 Å². The van der Waals surface area contributed by atoms with Crippen molar-refractivity contribution in [3.8, 4) is 0 Å². The van der Waals surface area contributed by atoms with E-state index in [0.29, 0.717) is 22.2 Å². The second-order valence-electron chi connectivity index (χ2n) is 4.62. The molecule has 1 rings (SSSR count). The van der Waals surface area contributed by atoms with Crippen LogP contribution in [0, 0.1) is 0 Å². The fourth-order valence-corrected chi connectivity index (χ4v) is 2.50. The van der Waals surface area contributed by atoms with Crippen LogP contribution < -0.4 is 11.1 Å². The molecular formula is C14H21Cl3N2O. The van der Waals surface area contributed by atoms with Crippen molar-refractivity contribution in [2.24, 2.45) is 5.73 Å². The van der Waals surface area contributed by atoms with Gasteiger partial charge in [0.2, 0.25) is 5.91 Å². The Kier molecular flexibility index (Phi) is 8.52. The van der Waals surface area contributed by atoms with Crippen molar-refractivity contribution in [2.75, 3.05) is 6.54 Å². The lowest BCUT2D eigenvalue weighted by molar-refractivity contribution is -0.122. The molecule has 0 saturated carbocycles. The highest BCUT2D eigenvalue weighted by Crippen LogP contribution is 2.25. The summed E-state index contributed by atoms with van der Waals surface area (Å²) in [7, 11) is 0. The van der Waals surface area contributed by atoms with Gasteiger partial charge in [0.25, 0.3) is 0 Å². The van der Waals surface area contributed by atoms with Gasteiger partial charge in [-0.2, -0.15) is 0 Å². The van der Waals surface area contributed by atoms with E-state index in [2.05, 4.69) is 5.32 Å². The largest absolute Gasteiger partial charge is 0.349 e. The predicted octanol–water partition coefficient (Wildman–Crippen LogP) is 3.59. The first kappa shape index (κ1) is 19.5. The molecule has 3 N–H and O–H groups in total. The van der Waals surface area contributed by atoms with Gasteiger partial charge in [0.1, 0.15) is 0 Å². The third kappa shape index (κ3) is 4.81. The lowest BCUT2D eigenvalue weighted by Gasteiger charge is -2.31. The highest BCUT2D eigenvalue weighted by molar-refractivity contribution is 6.36. The minimum Gasteiger partial charge on any atom is -0.349 e. The van der Waals surface area contributed by atoms with E-state index in [9.17, 15) is 4.79 Å². The standard InChI is InChI=1S/C14H20Cl2N2O.ClH/c1-3-14(4-2,9-17)18-13(19)8-10-11(15)6-5-7-12(10)16;/h5-7H,3-4,8-9,17H2,1-2H3,(H,18,19);1H. The lowest BCUT2D eigenvalue weighted by Crippen LogP contribution is -2.53. The van der Waals surface area contributed by atoms with E-state index in [1.165, 1.54) is 0 Å². The maximum absolute atomic E-state index is 12.1. The zero-order valence-electron chi connectivity index (χ0n) is 11.7. The number of hydrogen-bond acceptors (Lipinski definition) is 2. The van der Waals surface area contributed by atoms with Crippen LogP contribution in [0.1, 0.15) is 32.3 Å². The summed E-state index contributed by atoms with van der Waals surface area (Å²) < 4.78 is 0. The van der Waals surface area contributed by atoms with Crippen molar-refractivity contribution in [3.05, 3.63) is 33.8 Å². The van der Waals surface area contributed by atoms with Gasteiger partial charge in [0.05, 0.1) is 12.0 Å². The molecule has 0 saturated heterocycles. The zero-order valence-corrected chi connectivity index (χ0v) is 14.0. The number of nitrogens with two attached hydrogens (primary N) is 1. The third-order valence-electron chi connectivity index (χ3n) is 3.55. The minimum atomic E-state index is -0.342. The molecule has 0 heterocycles. The molecule has 1 aromatic rings. The van der Waals surface area contributed by atoms with E-state index in [0.717, 1.165) is 12.8 Å². The number of amides is 1. The van der Waals surface area contributed by atoms with Crippen LogP contribution in [0.2, 0.25) is 10.0 Å². The van der Waals surface area contributed by atoms with E-state index in [4.69, 9.17) is 28.9 Å². The zero-order chi connectivity index (χ0) is 14.5. The van der Waals surface area contributed by atoms with Crippen LogP contribution in [0.15, 0.2) is 18.2 Å². The topological polar surface area (TPSA) is 55.1 Å². The Bertz CT molecular complexity index is 420. The molecule has 0 fully saturated rings. The molecule has 6 heteroatoms. The molecule has 20 heavy (non-hydrogen) atoms. The molecule has 1 aromatic carbocycles. The Morgan fingerprint density at radius 1 is 1.25 bits per heavy atom. The fraction of sp³-hybridized carbons (Fsp3) is 0.500. The van der Waals surface area contributed by atoms with E-state index in [1.54, 1.807) is 18.2 Å². The van der Waals surface area contributed by atoms with Gasteiger partial charge in [0, 0.05) is 16.6 Å². The summed E-state index contributed by atoms with van der Waals surface area (Å²) in [6, 6.07) is 5.21. The molecule has 0 aliphatic carbocycles. The van der Waals surface area contributed by atoms with Crippen molar-refractivity contribution in [1.29, 1.82) is 0 Å². The van der Waals surface area contributed by atoms with Gasteiger partial charge in [-0.1, -0.05) is 43.1 Å². The van der Waals surface area contributed by atoms with Gasteiger partial charge < -0.3 is 11.1 Å². The SMILES string of the molecule is CCC(CC)(CN)NC(=O)Cc1c(Cl)cccc1Cl.Cl. The van der Waals surface area contributed by atoms with Crippen LogP contribution in [-0.4, -0.2) is 18.0 Å². The molecule has 0 bridgehead atoms. The fourth-order valence-electron chi connectivity index (χ4n) is 1.97. The summed E-state index contributed by atoms with van der Waals surface area (Å²) >= 11 is 12.1. The first-order valence-corrected chi connectivity index (χ1v) is 7.17. The van der Waals surface area contributed by atoms with Crippen molar-refractivity contribution < 1.29 is 4.79 Å². The highest BCUT2D eigenvalue weighted by Gasteiger charge is 2.26. The molecule has 0 radical (unpaired) electrons. The first-order chi connectivity index (χ1) is 8.98. The Morgan fingerprint density at radius 2 is 1.75 bits per heavy atom. The Balaban J connectivity index is 0.00000361. The number of benzene rings is 1. The number of hydrogen-bond donors (Lipinski definition) is 2. The first-order valence-electron chi connectivity index (χ1n) is 6.42. The van der Waals surface area contributed by atoms with Gasteiger partial charge in [-0.25, -0.2) is 0 Å². The highest BCUT2D eigenvalue weighted by atomic mass is 35.5. The summed E-state index contributed by atoms with van der Waals surface area (Å²) in [4.78, 5) is 12.1. The molecule has 3 nitrogen and oxygen atoms in total. The molecule has 114 valence electrons. The van der Waals surface area contributed by atoms with Crippen LogP contribution in [0.5, 0.6) is 0 Å². The number of carbonyl (C=O) groups excluding carboxylic acids is 1. The van der Waals surface area contributed by atoms with Crippen LogP contribution >= 0.6 is 35.6 Å². The second-order valence-corrected chi connectivity index (χ2v) is 5.43. The molecule has 1 amide bonds. The Labute approximate surface area is 136 Å². The maximum Gasteiger partial charge on any atom is 0.225 e. The predicted molar refractivity (Wildman–Crippen MR) is 87.9 cm³/mol. The van der Waals surface area contributed by atoms with Crippen LogP contribution in [0.3, 0.4) is 0 Å². The van der Waals surface area contributed by atoms with Crippen LogP contribution in [0.4, 0.5) is 0 Å². The summed E-state index contributed by atoms with van der Waals surface area (Å²) in [6.45, 7) is 4.44. The second kappa shape index (κ2) is 8.73. The van der Waals surface area contributed by atoms with Crippen molar-refractivity contribution in [3.63, 3.8) is 0 Å². The average Bonchev–Trinajstić information content (AvgIpc) is 2.41. The van der Waals surface area contributed by atoms with Crippen LogP contribution in [0.25, 0.3) is 0 Å². The number of carbonyl (C=O) groups is 1. The summed E-state index contributed by atoms with van der Waals surface area (Å²) in [5.41, 5.74) is 6.08. The third-order valence-corrected chi connectivity index (χ3v) is 4.26. The van der Waals surface area contributed by atoms with Gasteiger partial charge in [-0.05, 0) is 30.5 Å². The smallest absolute Gasteiger partial charge is 0.225 e. The van der Waals surface area contributed by atoms with Crippen LogP contribution in [-0.2, 0) is 11.2 Å². The molecule has 0 atom stereocenters. The van der Waals surface area contributed by atoms with E-state index in [1.807, 2.05) is 13.8 Å². The molecular weight excluding hydrogens is 319 g/mol. The Morgan fingerprint density at radius 3 is 2.15 bits per heavy atom. The summed E-state index contributed by atoms with van der Waals surface area (Å²) in [6.07, 6.45) is 1.75. The lowest BCUT2D eigenvalue weighted by atomic mass is 9.92. The van der Waals surface area contributed by atoms with E-state index in [-0.39, 0.29) is 30.3 Å². The monoisotopic (exact) mass is 338 g/mol. The maximum atomic E-state index is 12.1. The molecule has 0 spiro atoms. The number of halogens is 3. The van der Waals surface area contributed by atoms with Gasteiger partial charge in [-0.15, -0.1) is 12.4 Å². The summed E-state index contributed by atoms with van der Waals surface area (Å²) in [5, 5.41) is 4.02.